The summed E-state index contributed by atoms with van der Waals surface area (Å²) in [6.45, 7) is 1.76. The number of benzene rings is 2. The van der Waals surface area contributed by atoms with Gasteiger partial charge >= 0.3 is 0 Å². The Labute approximate surface area is 123 Å². The third-order valence-electron chi connectivity index (χ3n) is 3.09. The summed E-state index contributed by atoms with van der Waals surface area (Å²) in [4.78, 5) is 12.1. The molecule has 0 saturated heterocycles. The van der Waals surface area contributed by atoms with Gasteiger partial charge in [-0.3, -0.25) is 4.79 Å². The molecule has 2 N–H and O–H groups in total. The van der Waals surface area contributed by atoms with Crippen molar-refractivity contribution in [3.05, 3.63) is 70.7 Å². The van der Waals surface area contributed by atoms with Crippen LogP contribution in [0, 0.1) is 0 Å². The van der Waals surface area contributed by atoms with Crippen LogP contribution < -0.4 is 5.32 Å². The second-order valence-corrected chi connectivity index (χ2v) is 5.00. The summed E-state index contributed by atoms with van der Waals surface area (Å²) in [5.41, 5.74) is 1.17. The van der Waals surface area contributed by atoms with Gasteiger partial charge in [0.05, 0.1) is 22.7 Å². The summed E-state index contributed by atoms with van der Waals surface area (Å²) in [6, 6.07) is 15.6. The second-order valence-electron chi connectivity index (χ2n) is 4.60. The first kappa shape index (κ1) is 14.6. The Morgan fingerprint density at radius 3 is 2.35 bits per heavy atom. The highest BCUT2D eigenvalue weighted by molar-refractivity contribution is 6.33. The van der Waals surface area contributed by atoms with Gasteiger partial charge in [0, 0.05) is 0 Å². The van der Waals surface area contributed by atoms with Crippen molar-refractivity contribution in [1.82, 2.24) is 5.32 Å². The van der Waals surface area contributed by atoms with Crippen LogP contribution in [0.1, 0.15) is 28.9 Å². The van der Waals surface area contributed by atoms with E-state index in [2.05, 4.69) is 5.32 Å². The van der Waals surface area contributed by atoms with Crippen molar-refractivity contribution in [1.29, 1.82) is 0 Å². The Bertz CT molecular complexity index is 586. The average molecular weight is 290 g/mol. The van der Waals surface area contributed by atoms with Gasteiger partial charge in [0.25, 0.3) is 5.91 Å². The van der Waals surface area contributed by atoms with Gasteiger partial charge in [-0.15, -0.1) is 0 Å². The molecular formula is C16H16ClNO2. The van der Waals surface area contributed by atoms with Gasteiger partial charge in [-0.25, -0.2) is 0 Å². The standard InChI is InChI=1S/C16H16ClNO2/c1-11(15(19)12-7-3-2-4-8-12)18-16(20)13-9-5-6-10-14(13)17/h2-11,15,19H,1H3,(H,18,20)/t11-,15+/m1/s1. The van der Waals surface area contributed by atoms with Crippen LogP contribution in [-0.4, -0.2) is 17.1 Å². The highest BCUT2D eigenvalue weighted by Gasteiger charge is 2.19. The zero-order valence-corrected chi connectivity index (χ0v) is 11.8. The zero-order chi connectivity index (χ0) is 14.5. The topological polar surface area (TPSA) is 49.3 Å². The van der Waals surface area contributed by atoms with E-state index in [0.29, 0.717) is 10.6 Å². The summed E-state index contributed by atoms with van der Waals surface area (Å²) < 4.78 is 0. The Balaban J connectivity index is 2.07. The molecule has 3 nitrogen and oxygen atoms in total. The van der Waals surface area contributed by atoms with Crippen LogP contribution in [0.3, 0.4) is 0 Å². The van der Waals surface area contributed by atoms with E-state index < -0.39 is 12.1 Å². The minimum atomic E-state index is -0.761. The Kier molecular flexibility index (Phi) is 4.77. The van der Waals surface area contributed by atoms with Gasteiger partial charge in [0.15, 0.2) is 0 Å². The molecule has 0 aliphatic heterocycles. The summed E-state index contributed by atoms with van der Waals surface area (Å²) in [6.07, 6.45) is -0.761. The molecule has 0 saturated carbocycles. The van der Waals surface area contributed by atoms with Gasteiger partial charge in [0.2, 0.25) is 0 Å². The monoisotopic (exact) mass is 289 g/mol. The molecular weight excluding hydrogens is 274 g/mol. The number of rotatable bonds is 4. The first-order valence-corrected chi connectivity index (χ1v) is 6.76. The van der Waals surface area contributed by atoms with Crippen LogP contribution in [0.15, 0.2) is 54.6 Å². The molecule has 0 fully saturated rings. The fourth-order valence-corrected chi connectivity index (χ4v) is 2.17. The first-order chi connectivity index (χ1) is 9.59. The van der Waals surface area contributed by atoms with Gasteiger partial charge < -0.3 is 10.4 Å². The number of aliphatic hydroxyl groups excluding tert-OH is 1. The van der Waals surface area contributed by atoms with Gasteiger partial charge in [-0.2, -0.15) is 0 Å². The molecule has 0 radical (unpaired) electrons. The molecule has 104 valence electrons. The Morgan fingerprint density at radius 1 is 1.10 bits per heavy atom. The van der Waals surface area contributed by atoms with Crippen molar-refractivity contribution in [3.63, 3.8) is 0 Å². The maximum absolute atomic E-state index is 12.1. The van der Waals surface area contributed by atoms with E-state index in [1.807, 2.05) is 30.3 Å². The van der Waals surface area contributed by atoms with Crippen LogP contribution in [0.25, 0.3) is 0 Å². The maximum Gasteiger partial charge on any atom is 0.253 e. The van der Waals surface area contributed by atoms with Crippen LogP contribution >= 0.6 is 11.6 Å². The molecule has 0 bridgehead atoms. The average Bonchev–Trinajstić information content (AvgIpc) is 2.47. The molecule has 2 rings (SSSR count). The van der Waals surface area contributed by atoms with Crippen molar-refractivity contribution in [2.45, 2.75) is 19.1 Å². The number of aliphatic hydroxyl groups is 1. The summed E-state index contributed by atoms with van der Waals surface area (Å²) >= 11 is 5.98. The molecule has 4 heteroatoms. The first-order valence-electron chi connectivity index (χ1n) is 6.38. The zero-order valence-electron chi connectivity index (χ0n) is 11.1. The SMILES string of the molecule is C[C@@H](NC(=O)c1ccccc1Cl)[C@H](O)c1ccccc1. The Morgan fingerprint density at radius 2 is 1.70 bits per heavy atom. The van der Waals surface area contributed by atoms with Crippen molar-refractivity contribution >= 4 is 17.5 Å². The number of halogens is 1. The van der Waals surface area contributed by atoms with E-state index in [0.717, 1.165) is 5.56 Å². The predicted octanol–water partition coefficient (Wildman–Crippen LogP) is 3.19. The van der Waals surface area contributed by atoms with Crippen LogP contribution in [0.4, 0.5) is 0 Å². The predicted molar refractivity (Wildman–Crippen MR) is 79.8 cm³/mol. The quantitative estimate of drug-likeness (QED) is 0.908. The molecule has 2 atom stereocenters. The fourth-order valence-electron chi connectivity index (χ4n) is 1.95. The van der Waals surface area contributed by atoms with Gasteiger partial charge in [-0.05, 0) is 24.6 Å². The minimum Gasteiger partial charge on any atom is -0.386 e. The van der Waals surface area contributed by atoms with Gasteiger partial charge in [0.1, 0.15) is 0 Å². The lowest BCUT2D eigenvalue weighted by atomic mass is 10.0. The van der Waals surface area contributed by atoms with E-state index in [1.165, 1.54) is 0 Å². The maximum atomic E-state index is 12.1. The van der Waals surface area contributed by atoms with E-state index in [9.17, 15) is 9.90 Å². The molecule has 2 aromatic rings. The lowest BCUT2D eigenvalue weighted by Crippen LogP contribution is -2.37. The van der Waals surface area contributed by atoms with Crippen molar-refractivity contribution < 1.29 is 9.90 Å². The van der Waals surface area contributed by atoms with Crippen LogP contribution in [-0.2, 0) is 0 Å². The molecule has 0 aliphatic rings. The molecule has 0 heterocycles. The summed E-state index contributed by atoms with van der Waals surface area (Å²) in [7, 11) is 0. The number of carbonyl (C=O) groups excluding carboxylic acids is 1. The lowest BCUT2D eigenvalue weighted by molar-refractivity contribution is 0.0852. The normalized spacial score (nSPS) is 13.6. The third kappa shape index (κ3) is 3.38. The number of amides is 1. The fraction of sp³-hybridized carbons (Fsp3) is 0.188. The third-order valence-corrected chi connectivity index (χ3v) is 3.42. The van der Waals surface area contributed by atoms with Crippen molar-refractivity contribution in [3.8, 4) is 0 Å². The van der Waals surface area contributed by atoms with Crippen molar-refractivity contribution in [2.24, 2.45) is 0 Å². The molecule has 2 aromatic carbocycles. The van der Waals surface area contributed by atoms with Crippen LogP contribution in [0.5, 0.6) is 0 Å². The molecule has 1 amide bonds. The van der Waals surface area contributed by atoms with E-state index in [4.69, 9.17) is 11.6 Å². The van der Waals surface area contributed by atoms with Crippen LogP contribution in [0.2, 0.25) is 5.02 Å². The Hall–Kier alpha value is -1.84. The summed E-state index contributed by atoms with van der Waals surface area (Å²) in [5, 5.41) is 13.4. The molecule has 0 unspecified atom stereocenters. The van der Waals surface area contributed by atoms with Gasteiger partial charge in [-0.1, -0.05) is 54.1 Å². The molecule has 20 heavy (non-hydrogen) atoms. The second kappa shape index (κ2) is 6.55. The van der Waals surface area contributed by atoms with E-state index in [1.54, 1.807) is 31.2 Å². The number of nitrogens with one attached hydrogen (secondary N) is 1. The highest BCUT2D eigenvalue weighted by atomic mass is 35.5. The molecule has 0 aromatic heterocycles. The number of carbonyl (C=O) groups is 1. The molecule has 0 spiro atoms. The lowest BCUT2D eigenvalue weighted by Gasteiger charge is -2.20. The number of hydrogen-bond donors (Lipinski definition) is 2. The minimum absolute atomic E-state index is 0.293. The van der Waals surface area contributed by atoms with E-state index in [-0.39, 0.29) is 5.91 Å². The van der Waals surface area contributed by atoms with Crippen molar-refractivity contribution in [2.75, 3.05) is 0 Å². The summed E-state index contributed by atoms with van der Waals surface area (Å²) in [5.74, 6) is -0.293. The van der Waals surface area contributed by atoms with E-state index >= 15 is 0 Å². The highest BCUT2D eigenvalue weighted by Crippen LogP contribution is 2.18. The smallest absolute Gasteiger partial charge is 0.253 e. The largest absolute Gasteiger partial charge is 0.386 e. The number of hydrogen-bond acceptors (Lipinski definition) is 2. The molecule has 0 aliphatic carbocycles.